The summed E-state index contributed by atoms with van der Waals surface area (Å²) in [6, 6.07) is 12.2. The molecular formula is C18H16FNO4S. The van der Waals surface area contributed by atoms with E-state index in [4.69, 9.17) is 4.74 Å². The summed E-state index contributed by atoms with van der Waals surface area (Å²) in [5.41, 5.74) is 0.348. The zero-order chi connectivity index (χ0) is 18.2. The topological polar surface area (TPSA) is 65.4 Å². The molecule has 5 nitrogen and oxygen atoms in total. The Labute approximate surface area is 144 Å². The summed E-state index contributed by atoms with van der Waals surface area (Å²) in [5.74, 6) is -1.93. The molecule has 0 aliphatic carbocycles. The summed E-state index contributed by atoms with van der Waals surface area (Å²) < 4.78 is 46.6. The molecule has 0 aliphatic rings. The number of hydrogen-bond acceptors (Lipinski definition) is 4. The Morgan fingerprint density at radius 2 is 1.76 bits per heavy atom. The van der Waals surface area contributed by atoms with Crippen molar-refractivity contribution >= 4 is 26.9 Å². The van der Waals surface area contributed by atoms with Crippen LogP contribution < -0.4 is 0 Å². The van der Waals surface area contributed by atoms with E-state index in [1.165, 1.54) is 24.3 Å². The third-order valence-corrected chi connectivity index (χ3v) is 5.53. The Bertz CT molecular complexity index is 1050. The summed E-state index contributed by atoms with van der Waals surface area (Å²) in [6.07, 6.45) is 0. The van der Waals surface area contributed by atoms with Gasteiger partial charge in [0.15, 0.2) is 11.5 Å². The van der Waals surface area contributed by atoms with Crippen molar-refractivity contribution in [1.29, 1.82) is 0 Å². The molecule has 2 aromatic carbocycles. The molecule has 3 aromatic rings. The lowest BCUT2D eigenvalue weighted by atomic mass is 10.2. The molecule has 0 saturated carbocycles. The first-order valence-corrected chi connectivity index (χ1v) is 9.10. The zero-order valence-corrected chi connectivity index (χ0v) is 14.5. The number of fused-ring (bicyclic) bond motifs is 1. The van der Waals surface area contributed by atoms with E-state index in [1.54, 1.807) is 31.2 Å². The average Bonchev–Trinajstić information content (AvgIpc) is 2.89. The van der Waals surface area contributed by atoms with Gasteiger partial charge in [0.05, 0.1) is 17.0 Å². The highest BCUT2D eigenvalue weighted by molar-refractivity contribution is 7.90. The van der Waals surface area contributed by atoms with Gasteiger partial charge in [-0.2, -0.15) is 0 Å². The molecule has 25 heavy (non-hydrogen) atoms. The van der Waals surface area contributed by atoms with Crippen LogP contribution in [0.1, 0.15) is 23.0 Å². The molecule has 7 heteroatoms. The number of aromatic nitrogens is 1. The lowest BCUT2D eigenvalue weighted by molar-refractivity contribution is 0.0513. The molecular weight excluding hydrogens is 345 g/mol. The van der Waals surface area contributed by atoms with E-state index < -0.39 is 27.5 Å². The lowest BCUT2D eigenvalue weighted by Crippen LogP contribution is -2.20. The Morgan fingerprint density at radius 1 is 1.12 bits per heavy atom. The van der Waals surface area contributed by atoms with Crippen LogP contribution in [0.3, 0.4) is 0 Å². The van der Waals surface area contributed by atoms with Crippen LogP contribution >= 0.6 is 0 Å². The minimum Gasteiger partial charge on any atom is -0.461 e. The predicted molar refractivity (Wildman–Crippen MR) is 91.6 cm³/mol. The number of carbonyl (C=O) groups excluding carboxylic acids is 1. The van der Waals surface area contributed by atoms with Crippen LogP contribution in [0.2, 0.25) is 0 Å². The first-order valence-electron chi connectivity index (χ1n) is 7.66. The fraction of sp³-hybridized carbons (Fsp3) is 0.167. The van der Waals surface area contributed by atoms with E-state index in [0.29, 0.717) is 0 Å². The molecule has 3 rings (SSSR count). The molecule has 130 valence electrons. The third-order valence-electron chi connectivity index (χ3n) is 3.80. The summed E-state index contributed by atoms with van der Waals surface area (Å²) >= 11 is 0. The van der Waals surface area contributed by atoms with Crippen LogP contribution in [0.5, 0.6) is 0 Å². The standard InChI is InChI=1S/C18H16FNO4S/c1-3-24-18(21)17-16(19)14-6-4-5-7-15(14)20(17)25(22,23)13-10-8-12(2)9-11-13/h4-11H,3H2,1-2H3. The van der Waals surface area contributed by atoms with Gasteiger partial charge in [-0.15, -0.1) is 0 Å². The van der Waals surface area contributed by atoms with Crippen molar-refractivity contribution < 1.29 is 22.3 Å². The Morgan fingerprint density at radius 3 is 2.40 bits per heavy atom. The van der Waals surface area contributed by atoms with E-state index in [2.05, 4.69) is 0 Å². The van der Waals surface area contributed by atoms with E-state index in [1.807, 2.05) is 6.92 Å². The quantitative estimate of drug-likeness (QED) is 0.667. The Balaban J connectivity index is 2.36. The Kier molecular flexibility index (Phi) is 4.34. The van der Waals surface area contributed by atoms with Gasteiger partial charge in [-0.05, 0) is 38.1 Å². The fourth-order valence-electron chi connectivity index (χ4n) is 2.61. The van der Waals surface area contributed by atoms with Crippen LogP contribution in [-0.2, 0) is 14.8 Å². The maximum Gasteiger partial charge on any atom is 0.359 e. The second kappa shape index (κ2) is 6.33. The van der Waals surface area contributed by atoms with Gasteiger partial charge in [0, 0.05) is 5.39 Å². The van der Waals surface area contributed by atoms with Crippen molar-refractivity contribution in [1.82, 2.24) is 3.97 Å². The van der Waals surface area contributed by atoms with Crippen LogP contribution in [0.25, 0.3) is 10.9 Å². The zero-order valence-electron chi connectivity index (χ0n) is 13.7. The highest BCUT2D eigenvalue weighted by Gasteiger charge is 2.31. The smallest absolute Gasteiger partial charge is 0.359 e. The molecule has 1 aromatic heterocycles. The minimum absolute atomic E-state index is 0.00434. The van der Waals surface area contributed by atoms with E-state index in [9.17, 15) is 17.6 Å². The van der Waals surface area contributed by atoms with Crippen LogP contribution in [0.15, 0.2) is 53.4 Å². The highest BCUT2D eigenvalue weighted by atomic mass is 32.2. The normalized spacial score (nSPS) is 11.6. The first kappa shape index (κ1) is 17.2. The second-order valence-corrected chi connectivity index (χ2v) is 7.27. The van der Waals surface area contributed by atoms with Crippen molar-refractivity contribution in [3.63, 3.8) is 0 Å². The van der Waals surface area contributed by atoms with Gasteiger partial charge < -0.3 is 4.74 Å². The number of benzene rings is 2. The molecule has 0 aliphatic heterocycles. The maximum atomic E-state index is 14.8. The van der Waals surface area contributed by atoms with Crippen molar-refractivity contribution in [3.8, 4) is 0 Å². The van der Waals surface area contributed by atoms with Crippen molar-refractivity contribution in [2.75, 3.05) is 6.61 Å². The predicted octanol–water partition coefficient (Wildman–Crippen LogP) is 3.50. The first-order chi connectivity index (χ1) is 11.9. The molecule has 0 atom stereocenters. The number of para-hydroxylation sites is 1. The van der Waals surface area contributed by atoms with Gasteiger partial charge in [0.2, 0.25) is 0 Å². The van der Waals surface area contributed by atoms with E-state index in [0.717, 1.165) is 9.54 Å². The highest BCUT2D eigenvalue weighted by Crippen LogP contribution is 2.29. The van der Waals surface area contributed by atoms with Gasteiger partial charge in [0.25, 0.3) is 10.0 Å². The largest absolute Gasteiger partial charge is 0.461 e. The van der Waals surface area contributed by atoms with E-state index in [-0.39, 0.29) is 22.4 Å². The summed E-state index contributed by atoms with van der Waals surface area (Å²) in [7, 11) is -4.18. The Hall–Kier alpha value is -2.67. The molecule has 0 saturated heterocycles. The van der Waals surface area contributed by atoms with Gasteiger partial charge in [-0.1, -0.05) is 29.8 Å². The molecule has 1 heterocycles. The molecule has 0 N–H and O–H groups in total. The average molecular weight is 361 g/mol. The SMILES string of the molecule is CCOC(=O)c1c(F)c2ccccc2n1S(=O)(=O)c1ccc(C)cc1. The van der Waals surface area contributed by atoms with Gasteiger partial charge >= 0.3 is 5.97 Å². The van der Waals surface area contributed by atoms with E-state index >= 15 is 0 Å². The molecule has 0 radical (unpaired) electrons. The van der Waals surface area contributed by atoms with Gasteiger partial charge in [-0.25, -0.2) is 21.6 Å². The number of aryl methyl sites for hydroxylation is 1. The number of nitrogens with zero attached hydrogens (tertiary/aromatic N) is 1. The van der Waals surface area contributed by atoms with Gasteiger partial charge in [0.1, 0.15) is 0 Å². The summed E-state index contributed by atoms with van der Waals surface area (Å²) in [6.45, 7) is 3.40. The monoisotopic (exact) mass is 361 g/mol. The molecule has 0 fully saturated rings. The number of hydrogen-bond donors (Lipinski definition) is 0. The molecule has 0 unspecified atom stereocenters. The van der Waals surface area contributed by atoms with Crippen LogP contribution in [-0.4, -0.2) is 25.0 Å². The van der Waals surface area contributed by atoms with Crippen molar-refractivity contribution in [2.24, 2.45) is 0 Å². The number of carbonyl (C=O) groups is 1. The van der Waals surface area contributed by atoms with Crippen LogP contribution in [0.4, 0.5) is 4.39 Å². The summed E-state index contributed by atoms with van der Waals surface area (Å²) in [5, 5.41) is 0.0428. The molecule has 0 bridgehead atoms. The maximum absolute atomic E-state index is 14.8. The molecule has 0 amide bonds. The number of esters is 1. The van der Waals surface area contributed by atoms with Crippen molar-refractivity contribution in [3.05, 3.63) is 65.6 Å². The van der Waals surface area contributed by atoms with Crippen molar-refractivity contribution in [2.45, 2.75) is 18.7 Å². The number of halogens is 1. The summed E-state index contributed by atoms with van der Waals surface area (Å²) in [4.78, 5) is 12.2. The molecule has 0 spiro atoms. The minimum atomic E-state index is -4.18. The number of rotatable bonds is 4. The second-order valence-electron chi connectivity index (χ2n) is 5.48. The van der Waals surface area contributed by atoms with Crippen LogP contribution in [0, 0.1) is 12.7 Å². The van der Waals surface area contributed by atoms with Gasteiger partial charge in [-0.3, -0.25) is 0 Å². The fourth-order valence-corrected chi connectivity index (χ4v) is 4.11. The lowest BCUT2D eigenvalue weighted by Gasteiger charge is -2.11. The third kappa shape index (κ3) is 2.80. The number of ether oxygens (including phenoxy) is 1.